The number of hydrazone groups is 1. The molecule has 1 N–H and O–H groups in total. The minimum absolute atomic E-state index is 0.171. The maximum Gasteiger partial charge on any atom is 0.276 e. The van der Waals surface area contributed by atoms with Crippen molar-refractivity contribution in [2.24, 2.45) is 10.1 Å². The molecule has 1 amide bonds. The zero-order chi connectivity index (χ0) is 19.7. The van der Waals surface area contributed by atoms with Crippen molar-refractivity contribution in [3.8, 4) is 5.75 Å². The fourth-order valence-corrected chi connectivity index (χ4v) is 4.24. The van der Waals surface area contributed by atoms with Crippen molar-refractivity contribution >= 4 is 44.5 Å². The normalized spacial score (nSPS) is 17.9. The van der Waals surface area contributed by atoms with E-state index in [0.29, 0.717) is 17.5 Å². The zero-order valence-electron chi connectivity index (χ0n) is 15.5. The molecule has 1 atom stereocenters. The Morgan fingerprint density at radius 2 is 2.07 bits per heavy atom. The molecule has 8 heteroatoms. The van der Waals surface area contributed by atoms with Gasteiger partial charge < -0.3 is 4.74 Å². The van der Waals surface area contributed by atoms with Gasteiger partial charge in [0.05, 0.1) is 12.0 Å². The molecular formula is C20H19BrN4O2S. The second kappa shape index (κ2) is 7.97. The number of benzene rings is 2. The van der Waals surface area contributed by atoms with Crippen molar-refractivity contribution in [2.45, 2.75) is 20.0 Å². The molecule has 4 rings (SSSR count). The van der Waals surface area contributed by atoms with E-state index < -0.39 is 6.17 Å². The Hall–Kier alpha value is -2.32. The SMILES string of the molecule is CCOc1ccc(Br)c([C@@H]2N=c3ccccc3=C3C(=O)NC(SCC)=NN32)c1. The lowest BCUT2D eigenvalue weighted by atomic mass is 10.1. The molecule has 2 aromatic carbocycles. The highest BCUT2D eigenvalue weighted by Crippen LogP contribution is 2.36. The van der Waals surface area contributed by atoms with Crippen molar-refractivity contribution < 1.29 is 9.53 Å². The topological polar surface area (TPSA) is 66.3 Å². The minimum Gasteiger partial charge on any atom is -0.494 e. The predicted octanol–water partition coefficient (Wildman–Crippen LogP) is 2.74. The average molecular weight is 459 g/mol. The third-order valence-electron chi connectivity index (χ3n) is 4.35. The maximum atomic E-state index is 12.9. The van der Waals surface area contributed by atoms with Crippen molar-refractivity contribution in [1.82, 2.24) is 10.3 Å². The second-order valence-electron chi connectivity index (χ2n) is 6.12. The number of halogens is 1. The van der Waals surface area contributed by atoms with E-state index in [4.69, 9.17) is 14.8 Å². The number of carbonyl (C=O) groups excluding carboxylic acids is 1. The van der Waals surface area contributed by atoms with Gasteiger partial charge in [-0.3, -0.25) is 15.1 Å². The van der Waals surface area contributed by atoms with Gasteiger partial charge in [0.25, 0.3) is 5.91 Å². The molecule has 0 spiro atoms. The molecule has 2 aliphatic heterocycles. The van der Waals surface area contributed by atoms with Crippen LogP contribution < -0.4 is 20.6 Å². The van der Waals surface area contributed by atoms with Gasteiger partial charge in [0, 0.05) is 15.3 Å². The Morgan fingerprint density at radius 1 is 1.25 bits per heavy atom. The molecule has 0 aromatic heterocycles. The fourth-order valence-electron chi connectivity index (χ4n) is 3.21. The Bertz CT molecular complexity index is 1090. The molecule has 0 unspecified atom stereocenters. The predicted molar refractivity (Wildman–Crippen MR) is 114 cm³/mol. The van der Waals surface area contributed by atoms with E-state index in [9.17, 15) is 4.79 Å². The number of thioether (sulfide) groups is 1. The van der Waals surface area contributed by atoms with E-state index in [1.807, 2.05) is 56.3 Å². The largest absolute Gasteiger partial charge is 0.494 e. The highest BCUT2D eigenvalue weighted by Gasteiger charge is 2.35. The summed E-state index contributed by atoms with van der Waals surface area (Å²) in [6.07, 6.45) is -0.474. The minimum atomic E-state index is -0.474. The van der Waals surface area contributed by atoms with Crippen LogP contribution in [0.1, 0.15) is 25.6 Å². The van der Waals surface area contributed by atoms with Crippen LogP contribution in [-0.2, 0) is 4.79 Å². The first-order valence-electron chi connectivity index (χ1n) is 9.03. The number of amides is 1. The van der Waals surface area contributed by atoms with Crippen LogP contribution in [0, 0.1) is 0 Å². The molecule has 0 radical (unpaired) electrons. The molecule has 6 nitrogen and oxygen atoms in total. The van der Waals surface area contributed by atoms with Crippen molar-refractivity contribution in [3.05, 3.63) is 63.1 Å². The fraction of sp³-hybridized carbons (Fsp3) is 0.250. The monoisotopic (exact) mass is 458 g/mol. The van der Waals surface area contributed by atoms with E-state index in [1.54, 1.807) is 5.01 Å². The smallest absolute Gasteiger partial charge is 0.276 e. The van der Waals surface area contributed by atoms with Gasteiger partial charge in [-0.1, -0.05) is 52.8 Å². The second-order valence-corrected chi connectivity index (χ2v) is 8.23. The Morgan fingerprint density at radius 3 is 2.86 bits per heavy atom. The molecule has 0 fully saturated rings. The van der Waals surface area contributed by atoms with Crippen LogP contribution in [0.3, 0.4) is 0 Å². The average Bonchev–Trinajstić information content (AvgIpc) is 2.69. The van der Waals surface area contributed by atoms with Gasteiger partial charge in [-0.2, -0.15) is 0 Å². The van der Waals surface area contributed by atoms with E-state index in [2.05, 4.69) is 21.2 Å². The lowest BCUT2D eigenvalue weighted by Gasteiger charge is -2.34. The van der Waals surface area contributed by atoms with Crippen molar-refractivity contribution in [3.63, 3.8) is 0 Å². The summed E-state index contributed by atoms with van der Waals surface area (Å²) in [5.41, 5.74) is 1.39. The summed E-state index contributed by atoms with van der Waals surface area (Å²) in [6.45, 7) is 4.54. The lowest BCUT2D eigenvalue weighted by molar-refractivity contribution is -0.116. The molecule has 2 aliphatic rings. The zero-order valence-corrected chi connectivity index (χ0v) is 17.9. The summed E-state index contributed by atoms with van der Waals surface area (Å²) in [4.78, 5) is 17.9. The van der Waals surface area contributed by atoms with Gasteiger partial charge in [0.15, 0.2) is 11.3 Å². The Labute approximate surface area is 175 Å². The summed E-state index contributed by atoms with van der Waals surface area (Å²) in [5, 5.41) is 11.4. The molecule has 0 saturated heterocycles. The number of rotatable bonds is 4. The van der Waals surface area contributed by atoms with Crippen molar-refractivity contribution in [2.75, 3.05) is 12.4 Å². The standard InChI is InChI=1S/C20H19BrN4O2S/c1-3-27-12-9-10-15(21)14(11-12)18-22-16-8-6-5-7-13(16)17-19(26)23-20(28-4-2)24-25(17)18/h5-11,18H,3-4H2,1-2H3,(H,23,24,26)/t18-/m1/s1. The summed E-state index contributed by atoms with van der Waals surface area (Å²) >= 11 is 5.12. The maximum absolute atomic E-state index is 12.9. The van der Waals surface area contributed by atoms with Gasteiger partial charge in [0.2, 0.25) is 0 Å². The number of ether oxygens (including phenoxy) is 1. The molecule has 2 aromatic rings. The number of hydrogen-bond acceptors (Lipinski definition) is 6. The van der Waals surface area contributed by atoms with Crippen LogP contribution in [0.25, 0.3) is 5.70 Å². The first kappa shape index (κ1) is 19.0. The molecule has 0 aliphatic carbocycles. The summed E-state index contributed by atoms with van der Waals surface area (Å²) in [6, 6.07) is 13.4. The number of hydrogen-bond donors (Lipinski definition) is 1. The molecule has 144 valence electrons. The molecule has 0 bridgehead atoms. The molecule has 28 heavy (non-hydrogen) atoms. The number of amidine groups is 1. The first-order chi connectivity index (χ1) is 13.6. The van der Waals surface area contributed by atoms with Gasteiger partial charge in [-0.25, -0.2) is 5.01 Å². The Kier molecular flexibility index (Phi) is 5.41. The Balaban J connectivity index is 1.93. The van der Waals surface area contributed by atoms with E-state index in [0.717, 1.165) is 32.1 Å². The van der Waals surface area contributed by atoms with E-state index >= 15 is 0 Å². The molecular weight excluding hydrogens is 440 g/mol. The highest BCUT2D eigenvalue weighted by molar-refractivity contribution is 9.10. The number of para-hydroxylation sites is 1. The summed E-state index contributed by atoms with van der Waals surface area (Å²) < 4.78 is 6.56. The van der Waals surface area contributed by atoms with Gasteiger partial charge >= 0.3 is 0 Å². The van der Waals surface area contributed by atoms with Crippen LogP contribution in [0.4, 0.5) is 0 Å². The van der Waals surface area contributed by atoms with Gasteiger partial charge in [-0.15, -0.1) is 5.10 Å². The van der Waals surface area contributed by atoms with Crippen LogP contribution in [0.5, 0.6) is 5.75 Å². The van der Waals surface area contributed by atoms with Gasteiger partial charge in [-0.05, 0) is 36.9 Å². The first-order valence-corrected chi connectivity index (χ1v) is 10.8. The summed E-state index contributed by atoms with van der Waals surface area (Å²) in [5.74, 6) is 1.39. The number of nitrogens with one attached hydrogen (secondary N) is 1. The highest BCUT2D eigenvalue weighted by atomic mass is 79.9. The van der Waals surface area contributed by atoms with E-state index in [-0.39, 0.29) is 5.91 Å². The number of carbonyl (C=O) groups is 1. The van der Waals surface area contributed by atoms with Gasteiger partial charge in [0.1, 0.15) is 11.4 Å². The molecule has 0 saturated carbocycles. The van der Waals surface area contributed by atoms with Crippen LogP contribution >= 0.6 is 27.7 Å². The molecule has 2 heterocycles. The van der Waals surface area contributed by atoms with Crippen LogP contribution in [-0.4, -0.2) is 28.4 Å². The quantitative estimate of drug-likeness (QED) is 0.764. The number of fused-ring (bicyclic) bond motifs is 2. The van der Waals surface area contributed by atoms with E-state index in [1.165, 1.54) is 11.8 Å². The number of nitrogens with zero attached hydrogens (tertiary/aromatic N) is 3. The lowest BCUT2D eigenvalue weighted by Crippen LogP contribution is -2.50. The van der Waals surface area contributed by atoms with Crippen LogP contribution in [0.15, 0.2) is 57.0 Å². The summed E-state index contributed by atoms with van der Waals surface area (Å²) in [7, 11) is 0. The van der Waals surface area contributed by atoms with Crippen LogP contribution in [0.2, 0.25) is 0 Å². The third-order valence-corrected chi connectivity index (χ3v) is 5.82. The van der Waals surface area contributed by atoms with Crippen molar-refractivity contribution in [1.29, 1.82) is 0 Å². The third kappa shape index (κ3) is 3.42.